The molecule has 10 heteroatoms. The van der Waals surface area contributed by atoms with Crippen LogP contribution in [-0.2, 0) is 10.9 Å². The molecule has 1 saturated heterocycles. The van der Waals surface area contributed by atoms with Crippen molar-refractivity contribution in [1.29, 1.82) is 0 Å². The van der Waals surface area contributed by atoms with Crippen LogP contribution in [0, 0.1) is 10.1 Å². The number of esters is 1. The van der Waals surface area contributed by atoms with Crippen molar-refractivity contribution in [3.05, 3.63) is 33.4 Å². The predicted molar refractivity (Wildman–Crippen MR) is 79.0 cm³/mol. The average molecular weight is 350 g/mol. The van der Waals surface area contributed by atoms with Gasteiger partial charge >= 0.3 is 12.1 Å². The van der Waals surface area contributed by atoms with Crippen LogP contribution in [-0.4, -0.2) is 42.6 Å². The first kappa shape index (κ1) is 17.4. The molecule has 23 heavy (non-hydrogen) atoms. The molecular formula is C13H13F3N2O4S. The maximum atomic E-state index is 13.3. The van der Waals surface area contributed by atoms with Crippen molar-refractivity contribution in [2.24, 2.45) is 0 Å². The lowest BCUT2D eigenvalue weighted by Gasteiger charge is -2.31. The molecule has 1 aliphatic heterocycles. The van der Waals surface area contributed by atoms with E-state index in [0.717, 1.165) is 13.2 Å². The lowest BCUT2D eigenvalue weighted by atomic mass is 10.0. The number of nitro benzene ring substituents is 1. The molecule has 0 saturated carbocycles. The van der Waals surface area contributed by atoms with Gasteiger partial charge in [0.15, 0.2) is 0 Å². The van der Waals surface area contributed by atoms with Crippen molar-refractivity contribution in [1.82, 2.24) is 0 Å². The molecule has 0 bridgehead atoms. The SMILES string of the molecule is COC(=O)c1cc(N2CCSCC2)c(C(F)(F)F)cc1[N+](=O)[O-]. The molecule has 2 rings (SSSR count). The molecule has 0 aliphatic carbocycles. The number of halogens is 3. The van der Waals surface area contributed by atoms with Gasteiger partial charge in [-0.15, -0.1) is 0 Å². The predicted octanol–water partition coefficient (Wildman–Crippen LogP) is 2.95. The Hall–Kier alpha value is -1.97. The van der Waals surface area contributed by atoms with E-state index in [1.807, 2.05) is 0 Å². The first-order valence-electron chi connectivity index (χ1n) is 6.56. The van der Waals surface area contributed by atoms with Crippen molar-refractivity contribution in [3.8, 4) is 0 Å². The fraction of sp³-hybridized carbons (Fsp3) is 0.462. The maximum absolute atomic E-state index is 13.3. The third-order valence-corrected chi connectivity index (χ3v) is 4.32. The van der Waals surface area contributed by atoms with Crippen LogP contribution in [0.2, 0.25) is 0 Å². The Morgan fingerprint density at radius 3 is 2.43 bits per heavy atom. The van der Waals surface area contributed by atoms with E-state index in [0.29, 0.717) is 30.7 Å². The summed E-state index contributed by atoms with van der Waals surface area (Å²) in [4.78, 5) is 23.2. The van der Waals surface area contributed by atoms with E-state index >= 15 is 0 Å². The van der Waals surface area contributed by atoms with Gasteiger partial charge in [0.25, 0.3) is 5.69 Å². The second-order valence-electron chi connectivity index (χ2n) is 4.73. The average Bonchev–Trinajstić information content (AvgIpc) is 2.52. The Labute approximate surface area is 133 Å². The molecule has 1 fully saturated rings. The summed E-state index contributed by atoms with van der Waals surface area (Å²) in [6.45, 7) is 0.734. The van der Waals surface area contributed by atoms with Gasteiger partial charge in [-0.1, -0.05) is 0 Å². The number of nitrogens with zero attached hydrogens (tertiary/aromatic N) is 2. The quantitative estimate of drug-likeness (QED) is 0.474. The molecule has 6 nitrogen and oxygen atoms in total. The maximum Gasteiger partial charge on any atom is 0.418 e. The molecule has 0 atom stereocenters. The zero-order valence-corrected chi connectivity index (χ0v) is 12.9. The largest absolute Gasteiger partial charge is 0.465 e. The second kappa shape index (κ2) is 6.65. The lowest BCUT2D eigenvalue weighted by Crippen LogP contribution is -2.34. The third kappa shape index (κ3) is 3.69. The highest BCUT2D eigenvalue weighted by Crippen LogP contribution is 2.41. The van der Waals surface area contributed by atoms with Crippen molar-refractivity contribution < 1.29 is 27.6 Å². The van der Waals surface area contributed by atoms with E-state index in [1.165, 1.54) is 4.90 Å². The number of alkyl halides is 3. The number of carbonyl (C=O) groups excluding carboxylic acids is 1. The lowest BCUT2D eigenvalue weighted by molar-refractivity contribution is -0.385. The zero-order chi connectivity index (χ0) is 17.2. The van der Waals surface area contributed by atoms with Crippen molar-refractivity contribution in [2.75, 3.05) is 36.6 Å². The second-order valence-corrected chi connectivity index (χ2v) is 5.96. The van der Waals surface area contributed by atoms with Gasteiger partial charge < -0.3 is 9.64 Å². The van der Waals surface area contributed by atoms with Crippen LogP contribution in [0.15, 0.2) is 12.1 Å². The number of anilines is 1. The molecule has 1 aliphatic rings. The van der Waals surface area contributed by atoms with Crippen LogP contribution in [0.1, 0.15) is 15.9 Å². The van der Waals surface area contributed by atoms with Gasteiger partial charge in [0.05, 0.1) is 23.3 Å². The standard InChI is InChI=1S/C13H13F3N2O4S/c1-22-12(19)8-6-11(17-2-4-23-5-3-17)9(13(14,15)16)7-10(8)18(20)21/h6-7H,2-5H2,1H3. The van der Waals surface area contributed by atoms with Crippen LogP contribution in [0.4, 0.5) is 24.5 Å². The number of carbonyl (C=O) groups is 1. The summed E-state index contributed by atoms with van der Waals surface area (Å²) in [5.74, 6) is 0.238. The van der Waals surface area contributed by atoms with Crippen molar-refractivity contribution in [2.45, 2.75) is 6.18 Å². The molecule has 1 heterocycles. The molecule has 1 aromatic rings. The topological polar surface area (TPSA) is 72.7 Å². The number of nitro groups is 1. The number of thioether (sulfide) groups is 1. The number of ether oxygens (including phenoxy) is 1. The van der Waals surface area contributed by atoms with E-state index in [1.54, 1.807) is 11.8 Å². The third-order valence-electron chi connectivity index (χ3n) is 3.37. The van der Waals surface area contributed by atoms with Crippen molar-refractivity contribution >= 4 is 29.1 Å². The molecule has 1 aromatic carbocycles. The number of hydrogen-bond donors (Lipinski definition) is 0. The molecule has 0 amide bonds. The highest BCUT2D eigenvalue weighted by molar-refractivity contribution is 7.99. The molecular weight excluding hydrogens is 337 g/mol. The van der Waals surface area contributed by atoms with Gasteiger partial charge in [0.2, 0.25) is 0 Å². The van der Waals surface area contributed by atoms with Crippen LogP contribution in [0.5, 0.6) is 0 Å². The number of rotatable bonds is 3. The fourth-order valence-corrected chi connectivity index (χ4v) is 3.20. The number of benzene rings is 1. The van der Waals surface area contributed by atoms with Gasteiger partial charge in [0.1, 0.15) is 5.56 Å². The molecule has 0 aromatic heterocycles. The summed E-state index contributed by atoms with van der Waals surface area (Å²) in [6.07, 6.45) is -4.76. The normalized spacial score (nSPS) is 15.4. The minimum atomic E-state index is -4.76. The Bertz CT molecular complexity index is 630. The summed E-state index contributed by atoms with van der Waals surface area (Å²) in [6, 6.07) is 1.31. The Morgan fingerprint density at radius 2 is 1.96 bits per heavy atom. The number of methoxy groups -OCH3 is 1. The fourth-order valence-electron chi connectivity index (χ4n) is 2.29. The molecule has 0 unspecified atom stereocenters. The Morgan fingerprint density at radius 1 is 1.35 bits per heavy atom. The summed E-state index contributed by atoms with van der Waals surface area (Å²) < 4.78 is 44.3. The molecule has 0 radical (unpaired) electrons. The highest BCUT2D eigenvalue weighted by Gasteiger charge is 2.39. The van der Waals surface area contributed by atoms with Crippen molar-refractivity contribution in [3.63, 3.8) is 0 Å². The van der Waals surface area contributed by atoms with Gasteiger partial charge in [0, 0.05) is 30.7 Å². The first-order valence-corrected chi connectivity index (χ1v) is 7.72. The van der Waals surface area contributed by atoms with Gasteiger partial charge in [-0.3, -0.25) is 10.1 Å². The van der Waals surface area contributed by atoms with Crippen LogP contribution >= 0.6 is 11.8 Å². The summed E-state index contributed by atoms with van der Waals surface area (Å²) in [5.41, 5.74) is -2.76. The van der Waals surface area contributed by atoms with Crippen LogP contribution in [0.3, 0.4) is 0 Å². The van der Waals surface area contributed by atoms with Gasteiger partial charge in [-0.05, 0) is 6.07 Å². The smallest absolute Gasteiger partial charge is 0.418 e. The van der Waals surface area contributed by atoms with E-state index in [-0.39, 0.29) is 5.69 Å². The zero-order valence-electron chi connectivity index (χ0n) is 12.1. The molecule has 126 valence electrons. The van der Waals surface area contributed by atoms with E-state index < -0.39 is 33.9 Å². The van der Waals surface area contributed by atoms with Gasteiger partial charge in [-0.2, -0.15) is 24.9 Å². The Balaban J connectivity index is 2.66. The summed E-state index contributed by atoms with van der Waals surface area (Å²) in [7, 11) is 1.01. The Kier molecular flexibility index (Phi) is 5.03. The summed E-state index contributed by atoms with van der Waals surface area (Å²) in [5, 5.41) is 11.0. The number of hydrogen-bond acceptors (Lipinski definition) is 6. The van der Waals surface area contributed by atoms with Crippen LogP contribution in [0.25, 0.3) is 0 Å². The van der Waals surface area contributed by atoms with E-state index in [9.17, 15) is 28.1 Å². The van der Waals surface area contributed by atoms with Gasteiger partial charge in [-0.25, -0.2) is 4.79 Å². The minimum Gasteiger partial charge on any atom is -0.465 e. The van der Waals surface area contributed by atoms with E-state index in [2.05, 4.69) is 4.74 Å². The monoisotopic (exact) mass is 350 g/mol. The van der Waals surface area contributed by atoms with E-state index in [4.69, 9.17) is 0 Å². The minimum absolute atomic E-state index is 0.233. The first-order chi connectivity index (χ1) is 10.8. The van der Waals surface area contributed by atoms with Crippen LogP contribution < -0.4 is 4.90 Å². The molecule has 0 spiro atoms. The highest BCUT2D eigenvalue weighted by atomic mass is 32.2. The summed E-state index contributed by atoms with van der Waals surface area (Å²) >= 11 is 1.61. The molecule has 0 N–H and O–H groups in total.